The standard InChI is InChI=1S/C19H30N2O2/c1-5-22-18-10-15-9-14(2)23-19(15)11-16(18)12-21-8-6-7-17(13-21)20(3)4/h10-11,14,17H,5-9,12-13H2,1-4H3. The van der Waals surface area contributed by atoms with Crippen LogP contribution in [0, 0.1) is 0 Å². The number of piperidine rings is 1. The monoisotopic (exact) mass is 318 g/mol. The summed E-state index contributed by atoms with van der Waals surface area (Å²) in [5.74, 6) is 2.09. The van der Waals surface area contributed by atoms with Crippen LogP contribution in [0.25, 0.3) is 0 Å². The number of nitrogens with zero attached hydrogens (tertiary/aromatic N) is 2. The lowest BCUT2D eigenvalue weighted by atomic mass is 10.0. The summed E-state index contributed by atoms with van der Waals surface area (Å²) >= 11 is 0. The third-order valence-electron chi connectivity index (χ3n) is 4.98. The van der Waals surface area contributed by atoms with Crippen molar-refractivity contribution >= 4 is 0 Å². The highest BCUT2D eigenvalue weighted by atomic mass is 16.5. The van der Waals surface area contributed by atoms with Gasteiger partial charge in [0.15, 0.2) is 0 Å². The molecule has 1 saturated heterocycles. The van der Waals surface area contributed by atoms with Crippen LogP contribution in [0.1, 0.15) is 37.8 Å². The first-order valence-electron chi connectivity index (χ1n) is 8.90. The Morgan fingerprint density at radius 1 is 1.35 bits per heavy atom. The van der Waals surface area contributed by atoms with E-state index in [1.54, 1.807) is 0 Å². The molecule has 4 heteroatoms. The Balaban J connectivity index is 1.77. The van der Waals surface area contributed by atoms with Crippen LogP contribution in [-0.2, 0) is 13.0 Å². The number of hydrogen-bond donors (Lipinski definition) is 0. The smallest absolute Gasteiger partial charge is 0.124 e. The number of ether oxygens (including phenoxy) is 2. The van der Waals surface area contributed by atoms with Gasteiger partial charge in [0.1, 0.15) is 17.6 Å². The summed E-state index contributed by atoms with van der Waals surface area (Å²) in [7, 11) is 4.37. The van der Waals surface area contributed by atoms with E-state index in [2.05, 4.69) is 49.9 Å². The number of hydrogen-bond acceptors (Lipinski definition) is 4. The summed E-state index contributed by atoms with van der Waals surface area (Å²) in [6.45, 7) is 8.15. The minimum Gasteiger partial charge on any atom is -0.494 e. The first-order valence-corrected chi connectivity index (χ1v) is 8.90. The van der Waals surface area contributed by atoms with Gasteiger partial charge in [0, 0.05) is 36.7 Å². The van der Waals surface area contributed by atoms with E-state index >= 15 is 0 Å². The fraction of sp³-hybridized carbons (Fsp3) is 0.684. The van der Waals surface area contributed by atoms with Gasteiger partial charge in [0.2, 0.25) is 0 Å². The molecule has 2 aliphatic heterocycles. The van der Waals surface area contributed by atoms with Crippen LogP contribution in [0.4, 0.5) is 0 Å². The van der Waals surface area contributed by atoms with E-state index in [1.807, 2.05) is 0 Å². The maximum absolute atomic E-state index is 5.95. The maximum Gasteiger partial charge on any atom is 0.124 e. The van der Waals surface area contributed by atoms with Crippen molar-refractivity contribution in [3.8, 4) is 11.5 Å². The van der Waals surface area contributed by atoms with Gasteiger partial charge in [0.25, 0.3) is 0 Å². The van der Waals surface area contributed by atoms with E-state index in [0.717, 1.165) is 31.0 Å². The number of likely N-dealkylation sites (N-methyl/N-ethyl adjacent to an activating group) is 1. The molecule has 4 nitrogen and oxygen atoms in total. The molecule has 0 amide bonds. The lowest BCUT2D eigenvalue weighted by Crippen LogP contribution is -2.44. The molecule has 23 heavy (non-hydrogen) atoms. The lowest BCUT2D eigenvalue weighted by molar-refractivity contribution is 0.126. The highest BCUT2D eigenvalue weighted by Crippen LogP contribution is 2.36. The predicted molar refractivity (Wildman–Crippen MR) is 93.4 cm³/mol. The predicted octanol–water partition coefficient (Wildman–Crippen LogP) is 2.93. The number of benzene rings is 1. The lowest BCUT2D eigenvalue weighted by Gasteiger charge is -2.36. The zero-order valence-corrected chi connectivity index (χ0v) is 15.0. The average molecular weight is 318 g/mol. The molecule has 2 aliphatic rings. The molecule has 1 aromatic carbocycles. The molecular weight excluding hydrogens is 288 g/mol. The Morgan fingerprint density at radius 2 is 2.17 bits per heavy atom. The molecule has 128 valence electrons. The van der Waals surface area contributed by atoms with Crippen LogP contribution in [0.3, 0.4) is 0 Å². The minimum atomic E-state index is 0.280. The van der Waals surface area contributed by atoms with Crippen LogP contribution in [-0.4, -0.2) is 55.7 Å². The van der Waals surface area contributed by atoms with E-state index in [4.69, 9.17) is 9.47 Å². The summed E-state index contributed by atoms with van der Waals surface area (Å²) in [5.41, 5.74) is 2.55. The van der Waals surface area contributed by atoms with Crippen molar-refractivity contribution in [2.24, 2.45) is 0 Å². The number of rotatable bonds is 5. The van der Waals surface area contributed by atoms with E-state index < -0.39 is 0 Å². The van der Waals surface area contributed by atoms with Gasteiger partial charge >= 0.3 is 0 Å². The molecule has 2 atom stereocenters. The van der Waals surface area contributed by atoms with Crippen molar-refractivity contribution in [1.29, 1.82) is 0 Å². The van der Waals surface area contributed by atoms with Gasteiger partial charge in [-0.2, -0.15) is 0 Å². The zero-order chi connectivity index (χ0) is 16.4. The molecule has 0 bridgehead atoms. The van der Waals surface area contributed by atoms with Crippen molar-refractivity contribution in [1.82, 2.24) is 9.80 Å². The van der Waals surface area contributed by atoms with Crippen molar-refractivity contribution in [3.63, 3.8) is 0 Å². The molecule has 0 spiro atoms. The molecule has 1 aromatic rings. The Kier molecular flexibility index (Phi) is 5.12. The zero-order valence-electron chi connectivity index (χ0n) is 15.0. The van der Waals surface area contributed by atoms with Gasteiger partial charge < -0.3 is 14.4 Å². The summed E-state index contributed by atoms with van der Waals surface area (Å²) in [4.78, 5) is 4.90. The second-order valence-electron chi connectivity index (χ2n) is 7.13. The SMILES string of the molecule is CCOc1cc2c(cc1CN1CCCC(N(C)C)C1)OC(C)C2. The molecule has 2 heterocycles. The quantitative estimate of drug-likeness (QED) is 0.833. The normalized spacial score (nSPS) is 24.6. The van der Waals surface area contributed by atoms with Gasteiger partial charge in [-0.1, -0.05) is 0 Å². The van der Waals surface area contributed by atoms with Gasteiger partial charge in [-0.15, -0.1) is 0 Å². The average Bonchev–Trinajstić information content (AvgIpc) is 2.87. The van der Waals surface area contributed by atoms with E-state index in [-0.39, 0.29) is 6.10 Å². The van der Waals surface area contributed by atoms with Crippen molar-refractivity contribution in [2.45, 2.75) is 51.8 Å². The Bertz CT molecular complexity index is 544. The van der Waals surface area contributed by atoms with Crippen LogP contribution in [0.15, 0.2) is 12.1 Å². The molecule has 2 unspecified atom stereocenters. The van der Waals surface area contributed by atoms with E-state index in [0.29, 0.717) is 12.6 Å². The fourth-order valence-corrected chi connectivity index (χ4v) is 3.73. The number of likely N-dealkylation sites (tertiary alicyclic amines) is 1. The topological polar surface area (TPSA) is 24.9 Å². The van der Waals surface area contributed by atoms with E-state index in [1.165, 1.54) is 30.5 Å². The highest BCUT2D eigenvalue weighted by Gasteiger charge is 2.25. The third kappa shape index (κ3) is 3.81. The maximum atomic E-state index is 5.95. The molecule has 3 rings (SSSR count). The Hall–Kier alpha value is -1.26. The molecule has 0 N–H and O–H groups in total. The molecular formula is C19H30N2O2. The van der Waals surface area contributed by atoms with Crippen LogP contribution < -0.4 is 9.47 Å². The summed E-state index contributed by atoms with van der Waals surface area (Å²) < 4.78 is 11.9. The number of fused-ring (bicyclic) bond motifs is 1. The van der Waals surface area contributed by atoms with Crippen molar-refractivity contribution < 1.29 is 9.47 Å². The van der Waals surface area contributed by atoms with Gasteiger partial charge in [0.05, 0.1) is 6.61 Å². The molecule has 0 aliphatic carbocycles. The molecule has 0 radical (unpaired) electrons. The van der Waals surface area contributed by atoms with Crippen LogP contribution in [0.2, 0.25) is 0 Å². The molecule has 0 aromatic heterocycles. The van der Waals surface area contributed by atoms with Gasteiger partial charge in [-0.05, 0) is 59.5 Å². The Labute approximate surface area is 140 Å². The third-order valence-corrected chi connectivity index (χ3v) is 4.98. The first kappa shape index (κ1) is 16.6. The summed E-state index contributed by atoms with van der Waals surface area (Å²) in [5, 5.41) is 0. The van der Waals surface area contributed by atoms with Crippen molar-refractivity contribution in [2.75, 3.05) is 33.8 Å². The second-order valence-corrected chi connectivity index (χ2v) is 7.13. The summed E-state index contributed by atoms with van der Waals surface area (Å²) in [6, 6.07) is 5.07. The van der Waals surface area contributed by atoms with Crippen LogP contribution in [0.5, 0.6) is 11.5 Å². The van der Waals surface area contributed by atoms with Gasteiger partial charge in [-0.25, -0.2) is 0 Å². The minimum absolute atomic E-state index is 0.280. The summed E-state index contributed by atoms with van der Waals surface area (Å²) in [6.07, 6.45) is 3.84. The van der Waals surface area contributed by atoms with Crippen LogP contribution >= 0.6 is 0 Å². The molecule has 0 saturated carbocycles. The largest absolute Gasteiger partial charge is 0.494 e. The van der Waals surface area contributed by atoms with E-state index in [9.17, 15) is 0 Å². The Morgan fingerprint density at radius 3 is 2.91 bits per heavy atom. The first-order chi connectivity index (χ1) is 11.1. The molecule has 1 fully saturated rings. The fourth-order valence-electron chi connectivity index (χ4n) is 3.73. The van der Waals surface area contributed by atoms with Crippen molar-refractivity contribution in [3.05, 3.63) is 23.3 Å². The highest BCUT2D eigenvalue weighted by molar-refractivity contribution is 5.48. The second kappa shape index (κ2) is 7.10. The van der Waals surface area contributed by atoms with Gasteiger partial charge in [-0.3, -0.25) is 4.90 Å².